The van der Waals surface area contributed by atoms with E-state index in [2.05, 4.69) is 33.6 Å². The Morgan fingerprint density at radius 2 is 1.84 bits per heavy atom. The summed E-state index contributed by atoms with van der Waals surface area (Å²) in [5.41, 5.74) is 5.26. The van der Waals surface area contributed by atoms with Crippen LogP contribution in [0.3, 0.4) is 0 Å². The molecule has 0 aliphatic heterocycles. The molecule has 0 saturated carbocycles. The first-order valence-corrected chi connectivity index (χ1v) is 11.0. The fourth-order valence-electron chi connectivity index (χ4n) is 3.92. The van der Waals surface area contributed by atoms with E-state index in [4.69, 9.17) is 0 Å². The summed E-state index contributed by atoms with van der Waals surface area (Å²) >= 11 is 0. The van der Waals surface area contributed by atoms with Crippen LogP contribution in [0.25, 0.3) is 0 Å². The Kier molecular flexibility index (Phi) is 8.04. The van der Waals surface area contributed by atoms with Crippen molar-refractivity contribution in [1.82, 2.24) is 10.6 Å². The van der Waals surface area contributed by atoms with Crippen LogP contribution in [-0.2, 0) is 28.9 Å². The topological polar surface area (TPSA) is 91.2 Å². The smallest absolute Gasteiger partial charge is 0.337 e. The quantitative estimate of drug-likeness (QED) is 0.373. The first-order valence-electron chi connectivity index (χ1n) is 11.0. The number of aryl methyl sites for hydroxylation is 2. The molecule has 0 aromatic heterocycles. The lowest BCUT2D eigenvalue weighted by Gasteiger charge is -2.21. The summed E-state index contributed by atoms with van der Waals surface area (Å²) in [6.07, 6.45) is 6.82. The Balaban J connectivity index is 1.61. The molecule has 0 radical (unpaired) electrons. The molecule has 0 saturated heterocycles. The van der Waals surface area contributed by atoms with Crippen LogP contribution in [0.15, 0.2) is 54.2 Å². The number of fused-ring (bicyclic) bond motifs is 1. The molecule has 0 heterocycles. The Morgan fingerprint density at radius 3 is 2.50 bits per heavy atom. The number of amides is 1. The first kappa shape index (κ1) is 23.1. The molecule has 6 nitrogen and oxygen atoms in total. The molecule has 6 heteroatoms. The number of nitriles is 1. The van der Waals surface area contributed by atoms with Gasteiger partial charge in [0.2, 0.25) is 0 Å². The van der Waals surface area contributed by atoms with E-state index in [1.165, 1.54) is 37.3 Å². The van der Waals surface area contributed by atoms with Crippen LogP contribution in [-0.4, -0.2) is 19.0 Å². The zero-order valence-corrected chi connectivity index (χ0v) is 18.6. The predicted octanol–water partition coefficient (Wildman–Crippen LogP) is 4.12. The first-order chi connectivity index (χ1) is 15.5. The molecule has 166 valence electrons. The maximum absolute atomic E-state index is 12.7. The minimum Gasteiger partial charge on any atom is -0.465 e. The third kappa shape index (κ3) is 5.76. The van der Waals surface area contributed by atoms with Gasteiger partial charge in [0.25, 0.3) is 5.91 Å². The van der Waals surface area contributed by atoms with E-state index in [-0.39, 0.29) is 11.6 Å². The lowest BCUT2D eigenvalue weighted by atomic mass is 9.88. The third-order valence-corrected chi connectivity index (χ3v) is 5.78. The number of rotatable bonds is 8. The van der Waals surface area contributed by atoms with Crippen LogP contribution in [0.4, 0.5) is 0 Å². The van der Waals surface area contributed by atoms with Crippen molar-refractivity contribution in [2.24, 2.45) is 0 Å². The molecule has 0 bridgehead atoms. The number of hydrogen-bond acceptors (Lipinski definition) is 5. The van der Waals surface area contributed by atoms with Gasteiger partial charge in [-0.05, 0) is 66.5 Å². The normalized spacial score (nSPS) is 14.0. The van der Waals surface area contributed by atoms with Gasteiger partial charge in [-0.3, -0.25) is 4.79 Å². The summed E-state index contributed by atoms with van der Waals surface area (Å²) in [5.74, 6) is -0.789. The zero-order valence-electron chi connectivity index (χ0n) is 18.6. The van der Waals surface area contributed by atoms with E-state index < -0.39 is 11.9 Å². The van der Waals surface area contributed by atoms with Crippen molar-refractivity contribution in [2.75, 3.05) is 7.11 Å². The van der Waals surface area contributed by atoms with Crippen molar-refractivity contribution in [1.29, 1.82) is 5.26 Å². The van der Waals surface area contributed by atoms with Crippen molar-refractivity contribution in [3.8, 4) is 6.07 Å². The van der Waals surface area contributed by atoms with Crippen LogP contribution in [0.1, 0.15) is 64.8 Å². The van der Waals surface area contributed by atoms with Crippen LogP contribution in [0, 0.1) is 11.3 Å². The molecule has 1 unspecified atom stereocenters. The van der Waals surface area contributed by atoms with Crippen molar-refractivity contribution in [3.63, 3.8) is 0 Å². The Hall–Kier alpha value is -3.59. The van der Waals surface area contributed by atoms with E-state index in [9.17, 15) is 14.9 Å². The van der Waals surface area contributed by atoms with Crippen molar-refractivity contribution >= 4 is 11.9 Å². The molecule has 1 atom stereocenters. The van der Waals surface area contributed by atoms with Gasteiger partial charge < -0.3 is 15.4 Å². The van der Waals surface area contributed by atoms with Gasteiger partial charge in [-0.1, -0.05) is 37.3 Å². The molecule has 1 amide bonds. The number of benzene rings is 2. The molecule has 3 rings (SSSR count). The number of carbonyl (C=O) groups is 2. The van der Waals surface area contributed by atoms with Gasteiger partial charge in [0.1, 0.15) is 11.6 Å². The largest absolute Gasteiger partial charge is 0.465 e. The molecule has 32 heavy (non-hydrogen) atoms. The average molecular weight is 432 g/mol. The molecule has 2 N–H and O–H groups in total. The molecule has 1 aliphatic carbocycles. The van der Waals surface area contributed by atoms with Crippen molar-refractivity contribution < 1.29 is 14.3 Å². The second-order valence-electron chi connectivity index (χ2n) is 7.91. The molecule has 2 aromatic rings. The summed E-state index contributed by atoms with van der Waals surface area (Å²) in [5, 5.41) is 15.5. The highest BCUT2D eigenvalue weighted by molar-refractivity contribution is 5.97. The lowest BCUT2D eigenvalue weighted by molar-refractivity contribution is -0.117. The Morgan fingerprint density at radius 1 is 1.12 bits per heavy atom. The standard InChI is InChI=1S/C26H29N3O3/c1-3-24(22-13-12-19-6-4-5-7-21(19)14-22)29-25(30)23(15-27)17-28-16-18-8-10-20(11-9-18)26(31)32-2/h8-14,17,24,28H,3-7,16H2,1-2H3,(H,29,30)/b23-17-. The Labute approximate surface area is 189 Å². The number of ether oxygens (including phenoxy) is 1. The number of methoxy groups -OCH3 is 1. The van der Waals surface area contributed by atoms with Gasteiger partial charge in [0, 0.05) is 12.7 Å². The monoisotopic (exact) mass is 431 g/mol. The Bertz CT molecular complexity index is 1040. The summed E-state index contributed by atoms with van der Waals surface area (Å²) in [7, 11) is 1.34. The van der Waals surface area contributed by atoms with E-state index in [1.807, 2.05) is 13.0 Å². The fraction of sp³-hybridized carbons (Fsp3) is 0.346. The molecule has 0 fully saturated rings. The minimum absolute atomic E-state index is 0.0209. The summed E-state index contributed by atoms with van der Waals surface area (Å²) in [6, 6.07) is 15.2. The summed E-state index contributed by atoms with van der Waals surface area (Å²) in [6.45, 7) is 2.44. The fourth-order valence-corrected chi connectivity index (χ4v) is 3.92. The maximum atomic E-state index is 12.7. The highest BCUT2D eigenvalue weighted by Gasteiger charge is 2.18. The number of hydrogen-bond donors (Lipinski definition) is 2. The lowest BCUT2D eigenvalue weighted by Crippen LogP contribution is -2.30. The van der Waals surface area contributed by atoms with Crippen LogP contribution >= 0.6 is 0 Å². The van der Waals surface area contributed by atoms with Crippen molar-refractivity contribution in [2.45, 2.75) is 51.6 Å². The summed E-state index contributed by atoms with van der Waals surface area (Å²) in [4.78, 5) is 24.2. The van der Waals surface area contributed by atoms with Gasteiger partial charge in [0.05, 0.1) is 18.7 Å². The predicted molar refractivity (Wildman–Crippen MR) is 123 cm³/mol. The van der Waals surface area contributed by atoms with Gasteiger partial charge >= 0.3 is 5.97 Å². The van der Waals surface area contributed by atoms with Gasteiger partial charge in [-0.2, -0.15) is 5.26 Å². The number of nitrogens with zero attached hydrogens (tertiary/aromatic N) is 1. The summed E-state index contributed by atoms with van der Waals surface area (Å²) < 4.78 is 4.69. The molecule has 0 spiro atoms. The number of esters is 1. The van der Waals surface area contributed by atoms with Gasteiger partial charge in [-0.25, -0.2) is 4.79 Å². The third-order valence-electron chi connectivity index (χ3n) is 5.78. The van der Waals surface area contributed by atoms with E-state index in [1.54, 1.807) is 24.3 Å². The van der Waals surface area contributed by atoms with Crippen LogP contribution in [0.5, 0.6) is 0 Å². The van der Waals surface area contributed by atoms with E-state index in [0.29, 0.717) is 12.1 Å². The number of carbonyl (C=O) groups excluding carboxylic acids is 2. The number of nitrogens with one attached hydrogen (secondary N) is 2. The van der Waals surface area contributed by atoms with E-state index in [0.717, 1.165) is 30.4 Å². The SMILES string of the molecule is CCC(NC(=O)/C(C#N)=C\NCc1ccc(C(=O)OC)cc1)c1ccc2c(c1)CCCC2. The maximum Gasteiger partial charge on any atom is 0.337 e. The van der Waals surface area contributed by atoms with Gasteiger partial charge in [-0.15, -0.1) is 0 Å². The molecule has 2 aromatic carbocycles. The second kappa shape index (κ2) is 11.1. The second-order valence-corrected chi connectivity index (χ2v) is 7.91. The minimum atomic E-state index is -0.398. The molecule has 1 aliphatic rings. The van der Waals surface area contributed by atoms with Crippen LogP contribution < -0.4 is 10.6 Å². The molecular formula is C26H29N3O3. The highest BCUT2D eigenvalue weighted by Crippen LogP contribution is 2.26. The zero-order chi connectivity index (χ0) is 22.9. The average Bonchev–Trinajstić information content (AvgIpc) is 2.84. The van der Waals surface area contributed by atoms with Gasteiger partial charge in [0.15, 0.2) is 0 Å². The van der Waals surface area contributed by atoms with E-state index >= 15 is 0 Å². The van der Waals surface area contributed by atoms with Crippen molar-refractivity contribution in [3.05, 3.63) is 82.1 Å². The molecular weight excluding hydrogens is 402 g/mol. The van der Waals surface area contributed by atoms with Crippen LogP contribution in [0.2, 0.25) is 0 Å². The highest BCUT2D eigenvalue weighted by atomic mass is 16.5.